The number of thioether (sulfide) groups is 1. The first kappa shape index (κ1) is 20.5. The predicted octanol–water partition coefficient (Wildman–Crippen LogP) is 4.42. The van der Waals surface area contributed by atoms with Gasteiger partial charge in [0, 0.05) is 12.1 Å². The van der Waals surface area contributed by atoms with Crippen molar-refractivity contribution >= 4 is 23.4 Å². The first-order valence-corrected chi connectivity index (χ1v) is 11.2. The Morgan fingerprint density at radius 2 is 1.83 bits per heavy atom. The van der Waals surface area contributed by atoms with E-state index in [9.17, 15) is 4.79 Å². The molecule has 1 aliphatic rings. The van der Waals surface area contributed by atoms with E-state index in [1.807, 2.05) is 29.8 Å². The number of nitrogens with zero attached hydrogens (tertiary/aromatic N) is 3. The quantitative estimate of drug-likeness (QED) is 0.638. The topological polar surface area (TPSA) is 71.8 Å². The summed E-state index contributed by atoms with van der Waals surface area (Å²) in [7, 11) is 0. The van der Waals surface area contributed by atoms with Crippen molar-refractivity contribution in [2.75, 3.05) is 10.7 Å². The highest BCUT2D eigenvalue weighted by atomic mass is 32.2. The monoisotopic (exact) mass is 421 g/mol. The summed E-state index contributed by atoms with van der Waals surface area (Å²) in [5, 5.41) is 12.0. The van der Waals surface area contributed by atoms with Crippen LogP contribution in [0, 0.1) is 13.8 Å². The molecule has 0 spiro atoms. The van der Waals surface area contributed by atoms with Gasteiger partial charge in [-0.2, -0.15) is 0 Å². The van der Waals surface area contributed by atoms with E-state index in [1.165, 1.54) is 22.9 Å². The zero-order valence-electron chi connectivity index (χ0n) is 17.8. The van der Waals surface area contributed by atoms with Gasteiger partial charge in [-0.25, -0.2) is 4.68 Å². The Balaban J connectivity index is 1.66. The first-order valence-electron chi connectivity index (χ1n) is 10.3. The zero-order valence-corrected chi connectivity index (χ0v) is 18.6. The van der Waals surface area contributed by atoms with Gasteiger partial charge in [-0.05, 0) is 54.7 Å². The molecule has 0 saturated carbocycles. The molecule has 30 heavy (non-hydrogen) atoms. The summed E-state index contributed by atoms with van der Waals surface area (Å²) >= 11 is 1.46. The van der Waals surface area contributed by atoms with Crippen molar-refractivity contribution in [1.29, 1.82) is 0 Å². The number of aromatic nitrogens is 3. The van der Waals surface area contributed by atoms with Gasteiger partial charge in [0.2, 0.25) is 11.1 Å². The maximum atomic E-state index is 13.3. The van der Waals surface area contributed by atoms with Gasteiger partial charge in [-0.15, -0.1) is 10.2 Å². The number of nitrogens with one attached hydrogen (secondary N) is 2. The number of carbonyl (C=O) groups is 1. The molecule has 0 bridgehead atoms. The van der Waals surface area contributed by atoms with Crippen molar-refractivity contribution in [2.24, 2.45) is 0 Å². The molecule has 1 aromatic heterocycles. The van der Waals surface area contributed by atoms with Crippen LogP contribution in [0.25, 0.3) is 0 Å². The van der Waals surface area contributed by atoms with E-state index in [4.69, 9.17) is 0 Å². The summed E-state index contributed by atoms with van der Waals surface area (Å²) in [6, 6.07) is 14.3. The molecule has 3 aromatic rings. The van der Waals surface area contributed by atoms with Crippen LogP contribution in [-0.2, 0) is 17.6 Å². The van der Waals surface area contributed by atoms with Gasteiger partial charge in [-0.1, -0.05) is 55.9 Å². The molecule has 2 N–H and O–H groups in total. The number of fused-ring (bicyclic) bond motifs is 1. The van der Waals surface area contributed by atoms with Gasteiger partial charge in [0.05, 0.1) is 6.04 Å². The maximum absolute atomic E-state index is 13.3. The third-order valence-electron chi connectivity index (χ3n) is 5.60. The molecule has 2 atom stereocenters. The number of carbonyl (C=O) groups excluding carboxylic acids is 1. The second kappa shape index (κ2) is 8.52. The van der Waals surface area contributed by atoms with Crippen molar-refractivity contribution < 1.29 is 4.79 Å². The summed E-state index contributed by atoms with van der Waals surface area (Å²) in [6.07, 6.45) is 1.75. The molecule has 0 radical (unpaired) electrons. The van der Waals surface area contributed by atoms with Gasteiger partial charge >= 0.3 is 0 Å². The normalized spacial score (nSPS) is 17.9. The summed E-state index contributed by atoms with van der Waals surface area (Å²) in [4.78, 5) is 13.3. The molecule has 2 heterocycles. The van der Waals surface area contributed by atoms with Crippen LogP contribution in [0.15, 0.2) is 47.6 Å². The summed E-state index contributed by atoms with van der Waals surface area (Å²) < 4.78 is 1.92. The van der Waals surface area contributed by atoms with Crippen LogP contribution < -0.4 is 10.7 Å². The Morgan fingerprint density at radius 1 is 1.07 bits per heavy atom. The van der Waals surface area contributed by atoms with E-state index in [0.717, 1.165) is 35.5 Å². The average Bonchev–Trinajstić information content (AvgIpc) is 3.17. The van der Waals surface area contributed by atoms with Crippen molar-refractivity contribution in [2.45, 2.75) is 57.0 Å². The molecular formula is C23H27N5OS. The second-order valence-electron chi connectivity index (χ2n) is 7.62. The van der Waals surface area contributed by atoms with E-state index >= 15 is 0 Å². The van der Waals surface area contributed by atoms with Crippen LogP contribution in [0.4, 0.5) is 5.69 Å². The molecule has 0 saturated heterocycles. The number of hydrogen-bond donors (Lipinski definition) is 2. The van der Waals surface area contributed by atoms with E-state index in [2.05, 4.69) is 66.0 Å². The molecule has 0 aliphatic carbocycles. The standard InChI is InChI=1S/C23H27N5OS/c1-5-16-8-10-17(11-9-16)20-21(30-23-26-25-19(6-2)28(23)27-20)22(29)24-18-12-7-14(3)15(4)13-18/h7-13,20-21,27H,5-6H2,1-4H3,(H,24,29)/t20-,21+/m1/s1. The summed E-state index contributed by atoms with van der Waals surface area (Å²) in [5.41, 5.74) is 9.01. The molecule has 4 rings (SSSR count). The lowest BCUT2D eigenvalue weighted by molar-refractivity contribution is -0.116. The average molecular weight is 422 g/mol. The minimum atomic E-state index is -0.375. The molecule has 156 valence electrons. The lowest BCUT2D eigenvalue weighted by atomic mass is 10.0. The largest absolute Gasteiger partial charge is 0.325 e. The van der Waals surface area contributed by atoms with E-state index in [1.54, 1.807) is 0 Å². The lowest BCUT2D eigenvalue weighted by Crippen LogP contribution is -2.41. The number of hydrogen-bond acceptors (Lipinski definition) is 5. The Morgan fingerprint density at radius 3 is 2.50 bits per heavy atom. The number of benzene rings is 2. The van der Waals surface area contributed by atoms with Crippen LogP contribution in [0.1, 0.15) is 48.0 Å². The third-order valence-corrected chi connectivity index (χ3v) is 6.82. The molecule has 1 aliphatic heterocycles. The van der Waals surface area contributed by atoms with Crippen LogP contribution in [0.5, 0.6) is 0 Å². The number of amides is 1. The molecule has 0 fully saturated rings. The minimum Gasteiger partial charge on any atom is -0.325 e. The fourth-order valence-electron chi connectivity index (χ4n) is 3.57. The van der Waals surface area contributed by atoms with Crippen molar-refractivity contribution in [3.8, 4) is 0 Å². The van der Waals surface area contributed by atoms with Gasteiger partial charge in [0.1, 0.15) is 5.25 Å². The molecule has 2 aromatic carbocycles. The number of rotatable bonds is 5. The van der Waals surface area contributed by atoms with Gasteiger partial charge < -0.3 is 10.7 Å². The van der Waals surface area contributed by atoms with E-state index in [0.29, 0.717) is 5.16 Å². The minimum absolute atomic E-state index is 0.0485. The van der Waals surface area contributed by atoms with E-state index < -0.39 is 0 Å². The Labute approximate surface area is 181 Å². The highest BCUT2D eigenvalue weighted by Gasteiger charge is 2.37. The number of anilines is 1. The van der Waals surface area contributed by atoms with Gasteiger partial charge in [-0.3, -0.25) is 4.79 Å². The summed E-state index contributed by atoms with van der Waals surface area (Å²) in [6.45, 7) is 8.30. The molecule has 6 nitrogen and oxygen atoms in total. The Hall–Kier alpha value is -2.80. The van der Waals surface area contributed by atoms with E-state index in [-0.39, 0.29) is 17.2 Å². The molecule has 0 unspecified atom stereocenters. The van der Waals surface area contributed by atoms with Crippen LogP contribution in [0.2, 0.25) is 0 Å². The zero-order chi connectivity index (χ0) is 21.3. The first-order chi connectivity index (χ1) is 14.5. The SMILES string of the molecule is CCc1ccc([C@H]2Nn3c(CC)nnc3S[C@@H]2C(=O)Nc2ccc(C)c(C)c2)cc1. The lowest BCUT2D eigenvalue weighted by Gasteiger charge is -2.33. The van der Waals surface area contributed by atoms with Crippen molar-refractivity contribution in [3.63, 3.8) is 0 Å². The van der Waals surface area contributed by atoms with Crippen LogP contribution in [0.3, 0.4) is 0 Å². The van der Waals surface area contributed by atoms with Crippen LogP contribution in [-0.4, -0.2) is 26.0 Å². The van der Waals surface area contributed by atoms with Gasteiger partial charge in [0.25, 0.3) is 0 Å². The van der Waals surface area contributed by atoms with Crippen molar-refractivity contribution in [3.05, 3.63) is 70.5 Å². The fraction of sp³-hybridized carbons (Fsp3) is 0.348. The second-order valence-corrected chi connectivity index (χ2v) is 8.73. The fourth-order valence-corrected chi connectivity index (χ4v) is 4.67. The molecular weight excluding hydrogens is 394 g/mol. The maximum Gasteiger partial charge on any atom is 0.240 e. The Kier molecular flexibility index (Phi) is 5.81. The smallest absolute Gasteiger partial charge is 0.240 e. The summed E-state index contributed by atoms with van der Waals surface area (Å²) in [5.74, 6) is 0.813. The highest BCUT2D eigenvalue weighted by Crippen LogP contribution is 2.37. The predicted molar refractivity (Wildman–Crippen MR) is 122 cm³/mol. The molecule has 7 heteroatoms. The van der Waals surface area contributed by atoms with Crippen molar-refractivity contribution in [1.82, 2.24) is 14.9 Å². The van der Waals surface area contributed by atoms with Crippen LogP contribution >= 0.6 is 11.8 Å². The Bertz CT molecular complexity index is 1060. The third kappa shape index (κ3) is 3.94. The van der Waals surface area contributed by atoms with Gasteiger partial charge in [0.15, 0.2) is 5.82 Å². The number of aryl methyl sites for hydroxylation is 4. The molecule has 1 amide bonds. The highest BCUT2D eigenvalue weighted by molar-refractivity contribution is 8.00.